The van der Waals surface area contributed by atoms with Crippen LogP contribution in [0.25, 0.3) is 0 Å². The monoisotopic (exact) mass is 485 g/mol. The van der Waals surface area contributed by atoms with Gasteiger partial charge < -0.3 is 25.0 Å². The van der Waals surface area contributed by atoms with Crippen LogP contribution in [0.1, 0.15) is 32.3 Å². The molecular formula is C24H28FN5O5. The van der Waals surface area contributed by atoms with Crippen molar-refractivity contribution in [2.75, 3.05) is 26.2 Å². The van der Waals surface area contributed by atoms with Gasteiger partial charge in [0.1, 0.15) is 34.7 Å². The zero-order valence-electron chi connectivity index (χ0n) is 19.7. The standard InChI is InChI=1S/C24H28FN5O5/c1-3-28-11-13(2)30-19-17(21(31)20(30)24(28)34)23(33)29-12-14-6-7-15(25)10-16(14)35-9-5-4-8-26-22(32)18(19)27-29/h6-7,10,13,17,19,31H,3-5,8-9,11-12H2,1-2H3,(H,26,32)/t13-,17?,19?/m0/s1. The van der Waals surface area contributed by atoms with Crippen LogP contribution in [0.5, 0.6) is 5.75 Å². The van der Waals surface area contributed by atoms with Crippen LogP contribution in [0.2, 0.25) is 0 Å². The molecular weight excluding hydrogens is 457 g/mol. The molecule has 2 bridgehead atoms. The van der Waals surface area contributed by atoms with E-state index < -0.39 is 29.6 Å². The number of likely N-dealkylation sites (N-methyl/N-ethyl adjacent to an activating group) is 1. The van der Waals surface area contributed by atoms with Gasteiger partial charge in [-0.2, -0.15) is 5.10 Å². The topological polar surface area (TPSA) is 115 Å². The number of ether oxygens (including phenoxy) is 1. The van der Waals surface area contributed by atoms with Gasteiger partial charge in [0, 0.05) is 37.3 Å². The third-order valence-corrected chi connectivity index (χ3v) is 6.97. The smallest absolute Gasteiger partial charge is 0.273 e. The highest BCUT2D eigenvalue weighted by Gasteiger charge is 2.57. The van der Waals surface area contributed by atoms with Gasteiger partial charge in [0.05, 0.1) is 19.2 Å². The van der Waals surface area contributed by atoms with Gasteiger partial charge in [-0.15, -0.1) is 0 Å². The number of halogens is 1. The maximum atomic E-state index is 13.9. The lowest BCUT2D eigenvalue weighted by molar-refractivity contribution is -0.139. The van der Waals surface area contributed by atoms with Crippen LogP contribution < -0.4 is 10.1 Å². The molecule has 0 spiro atoms. The Balaban J connectivity index is 1.61. The van der Waals surface area contributed by atoms with Crippen LogP contribution in [0.15, 0.2) is 34.8 Å². The molecule has 1 saturated heterocycles. The number of hydrogen-bond acceptors (Lipinski definition) is 7. The number of piperazine rings is 1. The largest absolute Gasteiger partial charge is 0.509 e. The minimum absolute atomic E-state index is 0.0446. The maximum absolute atomic E-state index is 13.9. The van der Waals surface area contributed by atoms with Crippen LogP contribution in [-0.2, 0) is 20.9 Å². The first-order valence-corrected chi connectivity index (χ1v) is 11.9. The van der Waals surface area contributed by atoms with E-state index in [1.54, 1.807) is 9.80 Å². The summed E-state index contributed by atoms with van der Waals surface area (Å²) in [6.07, 6.45) is 1.26. The van der Waals surface area contributed by atoms with Crippen molar-refractivity contribution >= 4 is 23.4 Å². The maximum Gasteiger partial charge on any atom is 0.273 e. The van der Waals surface area contributed by atoms with Crippen molar-refractivity contribution in [2.45, 2.75) is 45.3 Å². The number of rotatable bonds is 1. The summed E-state index contributed by atoms with van der Waals surface area (Å²) in [6.45, 7) is 5.19. The van der Waals surface area contributed by atoms with Gasteiger partial charge >= 0.3 is 0 Å². The highest BCUT2D eigenvalue weighted by molar-refractivity contribution is 6.42. The minimum Gasteiger partial charge on any atom is -0.509 e. The third kappa shape index (κ3) is 3.78. The van der Waals surface area contributed by atoms with E-state index in [0.29, 0.717) is 50.4 Å². The van der Waals surface area contributed by atoms with E-state index in [2.05, 4.69) is 10.4 Å². The molecule has 35 heavy (non-hydrogen) atoms. The summed E-state index contributed by atoms with van der Waals surface area (Å²) < 4.78 is 19.7. The third-order valence-electron chi connectivity index (χ3n) is 6.97. The highest BCUT2D eigenvalue weighted by atomic mass is 19.1. The average molecular weight is 486 g/mol. The first kappa shape index (κ1) is 23.1. The zero-order valence-corrected chi connectivity index (χ0v) is 19.7. The Hall–Kier alpha value is -3.63. The number of aliphatic hydroxyl groups is 1. The van der Waals surface area contributed by atoms with E-state index in [4.69, 9.17) is 4.74 Å². The SMILES string of the molecule is CCN1C[C@H](C)N2C(=C(O)C3C(=O)N4Cc5ccc(F)cc5OCCCCNC(=O)C(=N4)C32)C1=O. The normalized spacial score (nSPS) is 27.1. The van der Waals surface area contributed by atoms with E-state index in [9.17, 15) is 23.9 Å². The summed E-state index contributed by atoms with van der Waals surface area (Å²) in [4.78, 5) is 43.3. The Bertz CT molecular complexity index is 1150. The quantitative estimate of drug-likeness (QED) is 0.617. The molecule has 186 valence electrons. The zero-order chi connectivity index (χ0) is 24.9. The molecule has 1 fully saturated rings. The highest BCUT2D eigenvalue weighted by Crippen LogP contribution is 2.42. The first-order chi connectivity index (χ1) is 16.8. The second-order valence-electron chi connectivity index (χ2n) is 9.20. The van der Waals surface area contributed by atoms with E-state index in [1.807, 2.05) is 13.8 Å². The van der Waals surface area contributed by atoms with Gasteiger partial charge in [-0.1, -0.05) is 6.07 Å². The number of amides is 3. The van der Waals surface area contributed by atoms with Crippen LogP contribution >= 0.6 is 0 Å². The first-order valence-electron chi connectivity index (χ1n) is 11.9. The molecule has 0 radical (unpaired) electrons. The predicted octanol–water partition coefficient (Wildman–Crippen LogP) is 1.13. The fourth-order valence-electron chi connectivity index (χ4n) is 5.25. The van der Waals surface area contributed by atoms with Crippen molar-refractivity contribution in [1.82, 2.24) is 20.1 Å². The molecule has 5 rings (SSSR count). The number of hydrogen-bond donors (Lipinski definition) is 2. The summed E-state index contributed by atoms with van der Waals surface area (Å²) in [5, 5.41) is 19.6. The van der Waals surface area contributed by atoms with E-state index >= 15 is 0 Å². The number of hydrazone groups is 1. The summed E-state index contributed by atoms with van der Waals surface area (Å²) in [7, 11) is 0. The molecule has 4 heterocycles. The molecule has 0 aromatic heterocycles. The van der Waals surface area contributed by atoms with E-state index in [-0.39, 0.29) is 35.7 Å². The van der Waals surface area contributed by atoms with Crippen LogP contribution in [-0.4, -0.2) is 81.7 Å². The molecule has 2 unspecified atom stereocenters. The van der Waals surface area contributed by atoms with Gasteiger partial charge in [0.25, 0.3) is 17.7 Å². The van der Waals surface area contributed by atoms with Crippen molar-refractivity contribution in [3.05, 3.63) is 41.0 Å². The number of nitrogens with one attached hydrogen (secondary N) is 1. The van der Waals surface area contributed by atoms with Gasteiger partial charge in [-0.05, 0) is 32.8 Å². The molecule has 1 aromatic rings. The number of carbonyl (C=O) groups is 3. The number of aliphatic hydroxyl groups excluding tert-OH is 1. The second kappa shape index (κ2) is 8.86. The van der Waals surface area contributed by atoms with Crippen LogP contribution in [0.3, 0.4) is 0 Å². The molecule has 1 aromatic carbocycles. The number of fused-ring (bicyclic) bond motifs is 6. The summed E-state index contributed by atoms with van der Waals surface area (Å²) in [5.74, 6) is -3.05. The molecule has 10 nitrogen and oxygen atoms in total. The predicted molar refractivity (Wildman–Crippen MR) is 123 cm³/mol. The van der Waals surface area contributed by atoms with Crippen molar-refractivity contribution in [1.29, 1.82) is 0 Å². The van der Waals surface area contributed by atoms with Crippen molar-refractivity contribution in [2.24, 2.45) is 11.0 Å². The van der Waals surface area contributed by atoms with Crippen molar-refractivity contribution < 1.29 is 28.6 Å². The number of carbonyl (C=O) groups excluding carboxylic acids is 3. The molecule has 2 N–H and O–H groups in total. The Labute approximate surface area is 202 Å². The molecule has 3 atom stereocenters. The summed E-state index contributed by atoms with van der Waals surface area (Å²) in [5.41, 5.74) is 0.623. The summed E-state index contributed by atoms with van der Waals surface area (Å²) >= 11 is 0. The molecule has 4 aliphatic rings. The van der Waals surface area contributed by atoms with Gasteiger partial charge in [0.15, 0.2) is 0 Å². The number of nitrogens with zero attached hydrogens (tertiary/aromatic N) is 4. The van der Waals surface area contributed by atoms with Crippen LogP contribution in [0, 0.1) is 11.7 Å². The molecule has 4 aliphatic heterocycles. The van der Waals surface area contributed by atoms with E-state index in [0.717, 1.165) is 5.01 Å². The van der Waals surface area contributed by atoms with Crippen molar-refractivity contribution in [3.8, 4) is 5.75 Å². The average Bonchev–Trinajstić information content (AvgIpc) is 3.15. The van der Waals surface area contributed by atoms with E-state index in [1.165, 1.54) is 18.2 Å². The lowest BCUT2D eigenvalue weighted by atomic mass is 9.91. The second-order valence-corrected chi connectivity index (χ2v) is 9.20. The number of benzene rings is 1. The fraction of sp³-hybridized carbons (Fsp3) is 0.500. The lowest BCUT2D eigenvalue weighted by Gasteiger charge is -2.44. The summed E-state index contributed by atoms with van der Waals surface area (Å²) in [6, 6.07) is 2.91. The Morgan fingerprint density at radius 1 is 1.26 bits per heavy atom. The molecule has 0 aliphatic carbocycles. The molecule has 11 heteroatoms. The Kier molecular flexibility index (Phi) is 5.86. The van der Waals surface area contributed by atoms with Gasteiger partial charge in [-0.3, -0.25) is 14.4 Å². The molecule has 0 saturated carbocycles. The lowest BCUT2D eigenvalue weighted by Crippen LogP contribution is -2.61. The molecule has 3 amide bonds. The Morgan fingerprint density at radius 2 is 2.06 bits per heavy atom. The Morgan fingerprint density at radius 3 is 2.83 bits per heavy atom. The van der Waals surface area contributed by atoms with Gasteiger partial charge in [-0.25, -0.2) is 9.40 Å². The fourth-order valence-corrected chi connectivity index (χ4v) is 5.25. The van der Waals surface area contributed by atoms with Crippen LogP contribution in [0.4, 0.5) is 4.39 Å². The minimum atomic E-state index is -1.15. The van der Waals surface area contributed by atoms with Crippen molar-refractivity contribution in [3.63, 3.8) is 0 Å². The van der Waals surface area contributed by atoms with Gasteiger partial charge in [0.2, 0.25) is 0 Å².